The molecule has 4 aromatic carbocycles. The lowest BCUT2D eigenvalue weighted by Gasteiger charge is -2.38. The number of unbranched alkanes of at least 4 members (excludes halogenated alkanes) is 8. The maximum Gasteiger partial charge on any atom is 0.127 e. The summed E-state index contributed by atoms with van der Waals surface area (Å²) in [6.45, 7) is 12.2. The predicted octanol–water partition coefficient (Wildman–Crippen LogP) is 9.75. The van der Waals surface area contributed by atoms with Crippen LogP contribution >= 0.6 is 7.26 Å². The van der Waals surface area contributed by atoms with Crippen molar-refractivity contribution >= 4 is 23.2 Å². The van der Waals surface area contributed by atoms with E-state index in [1.807, 2.05) is 0 Å². The molecule has 0 radical (unpaired) electrons. The molecular formula is C46H59O5P. The third kappa shape index (κ3) is 10.00. The van der Waals surface area contributed by atoms with Gasteiger partial charge in [0.1, 0.15) is 53.5 Å². The Balaban J connectivity index is 1.03. The average molecular weight is 723 g/mol. The van der Waals surface area contributed by atoms with Gasteiger partial charge in [-0.1, -0.05) is 99.7 Å². The number of hydrogen-bond acceptors (Lipinski definition) is 5. The molecule has 1 aliphatic rings. The summed E-state index contributed by atoms with van der Waals surface area (Å²) in [5.74, 6) is 1.19. The first-order valence-electron chi connectivity index (χ1n) is 19.4. The van der Waals surface area contributed by atoms with Crippen molar-refractivity contribution < 1.29 is 24.4 Å². The number of rotatable bonds is 21. The Hall–Kier alpha value is -3.79. The molecule has 0 saturated carbocycles. The Bertz CT molecular complexity index is 1590. The minimum Gasteiger partial charge on any atom is -0.545 e. The second-order valence-corrected chi connectivity index (χ2v) is 18.3. The first-order chi connectivity index (χ1) is 25.2. The zero-order chi connectivity index (χ0) is 36.8. The van der Waals surface area contributed by atoms with Gasteiger partial charge in [0, 0.05) is 5.56 Å². The Morgan fingerprint density at radius 1 is 0.692 bits per heavy atom. The molecule has 0 bridgehead atoms. The van der Waals surface area contributed by atoms with Gasteiger partial charge in [0.25, 0.3) is 0 Å². The highest BCUT2D eigenvalue weighted by Gasteiger charge is 2.44. The molecule has 0 spiro atoms. The van der Waals surface area contributed by atoms with Crippen LogP contribution in [-0.4, -0.2) is 25.0 Å². The molecule has 0 amide bonds. The molecule has 4 aromatic rings. The Morgan fingerprint density at radius 3 is 1.71 bits per heavy atom. The van der Waals surface area contributed by atoms with Crippen LogP contribution in [0.5, 0.6) is 11.5 Å². The molecule has 5 rings (SSSR count). The molecule has 0 N–H and O–H groups in total. The van der Waals surface area contributed by atoms with E-state index in [0.717, 1.165) is 47.5 Å². The van der Waals surface area contributed by atoms with Crippen LogP contribution in [0.2, 0.25) is 0 Å². The summed E-state index contributed by atoms with van der Waals surface area (Å²) in [4.78, 5) is 9.29. The number of hydrogen-bond donors (Lipinski definition) is 0. The average Bonchev–Trinajstić information content (AvgIpc) is 3.16. The van der Waals surface area contributed by atoms with Gasteiger partial charge in [0.15, 0.2) is 0 Å². The fourth-order valence-electron chi connectivity index (χ4n) is 7.93. The SMILES string of the molecule is C=C([O-])OOCCOc1c(C)c(C)c2c(c1C)CCC(C)(CCCCCCCCCCC[P+](c1ccccc1)(c1ccccc1)c1ccccc1)O2. The smallest absolute Gasteiger partial charge is 0.127 e. The topological polar surface area (TPSA) is 60.0 Å². The molecule has 1 atom stereocenters. The molecule has 0 aliphatic carbocycles. The predicted molar refractivity (Wildman–Crippen MR) is 216 cm³/mol. The fraction of sp³-hybridized carbons (Fsp3) is 0.435. The van der Waals surface area contributed by atoms with Crippen LogP contribution in [0.3, 0.4) is 0 Å². The van der Waals surface area contributed by atoms with E-state index in [1.165, 1.54) is 85.4 Å². The van der Waals surface area contributed by atoms with Gasteiger partial charge in [-0.2, -0.15) is 0 Å². The van der Waals surface area contributed by atoms with Crippen molar-refractivity contribution in [3.05, 3.63) is 126 Å². The highest BCUT2D eigenvalue weighted by Crippen LogP contribution is 2.56. The lowest BCUT2D eigenvalue weighted by molar-refractivity contribution is -0.434. The molecule has 0 saturated heterocycles. The monoisotopic (exact) mass is 722 g/mol. The van der Waals surface area contributed by atoms with Crippen molar-refractivity contribution in [3.63, 3.8) is 0 Å². The Kier molecular flexibility index (Phi) is 14.7. The zero-order valence-electron chi connectivity index (χ0n) is 32.0. The molecule has 278 valence electrons. The molecule has 5 nitrogen and oxygen atoms in total. The second-order valence-electron chi connectivity index (χ2n) is 14.7. The van der Waals surface area contributed by atoms with Crippen LogP contribution in [0, 0.1) is 20.8 Å². The van der Waals surface area contributed by atoms with E-state index < -0.39 is 13.2 Å². The van der Waals surface area contributed by atoms with E-state index in [9.17, 15) is 5.11 Å². The van der Waals surface area contributed by atoms with Crippen molar-refractivity contribution in [3.8, 4) is 11.5 Å². The molecule has 1 unspecified atom stereocenters. The van der Waals surface area contributed by atoms with Crippen molar-refractivity contribution in [1.82, 2.24) is 0 Å². The van der Waals surface area contributed by atoms with Crippen LogP contribution < -0.4 is 30.5 Å². The summed E-state index contributed by atoms with van der Waals surface area (Å²) in [7, 11) is -1.72. The van der Waals surface area contributed by atoms with Gasteiger partial charge in [-0.3, -0.25) is 4.89 Å². The highest BCUT2D eigenvalue weighted by atomic mass is 31.2. The first-order valence-corrected chi connectivity index (χ1v) is 21.4. The van der Waals surface area contributed by atoms with Gasteiger partial charge in [0.2, 0.25) is 0 Å². The summed E-state index contributed by atoms with van der Waals surface area (Å²) >= 11 is 0. The first kappa shape index (κ1) is 39.4. The number of ether oxygens (including phenoxy) is 2. The Morgan fingerprint density at radius 2 is 1.19 bits per heavy atom. The summed E-state index contributed by atoms with van der Waals surface area (Å²) in [5, 5.41) is 15.3. The van der Waals surface area contributed by atoms with Gasteiger partial charge < -0.3 is 19.5 Å². The van der Waals surface area contributed by atoms with Gasteiger partial charge in [-0.25, -0.2) is 0 Å². The van der Waals surface area contributed by atoms with Gasteiger partial charge in [-0.05, 0) is 119 Å². The maximum absolute atomic E-state index is 10.8. The van der Waals surface area contributed by atoms with E-state index >= 15 is 0 Å². The van der Waals surface area contributed by atoms with Crippen LogP contribution in [0.4, 0.5) is 0 Å². The molecule has 0 fully saturated rings. The van der Waals surface area contributed by atoms with Gasteiger partial charge in [0.05, 0.1) is 12.1 Å². The van der Waals surface area contributed by atoms with Gasteiger partial charge in [-0.15, -0.1) is 0 Å². The van der Waals surface area contributed by atoms with Crippen LogP contribution in [0.15, 0.2) is 104 Å². The number of benzene rings is 4. The second kappa shape index (κ2) is 19.3. The lowest BCUT2D eigenvalue weighted by Crippen LogP contribution is -2.37. The van der Waals surface area contributed by atoms with Crippen molar-refractivity contribution in [2.24, 2.45) is 0 Å². The normalized spacial score (nSPS) is 15.5. The molecule has 52 heavy (non-hydrogen) atoms. The van der Waals surface area contributed by atoms with Crippen LogP contribution in [-0.2, 0) is 16.2 Å². The summed E-state index contributed by atoms with van der Waals surface area (Å²) < 4.78 is 12.8. The van der Waals surface area contributed by atoms with E-state index in [2.05, 4.69) is 130 Å². The van der Waals surface area contributed by atoms with Crippen molar-refractivity contribution in [2.75, 3.05) is 19.4 Å². The van der Waals surface area contributed by atoms with E-state index in [4.69, 9.17) is 14.4 Å². The summed E-state index contributed by atoms with van der Waals surface area (Å²) in [6.07, 6.45) is 15.9. The van der Waals surface area contributed by atoms with E-state index in [-0.39, 0.29) is 18.8 Å². The molecule has 1 aliphatic heterocycles. The number of fused-ring (bicyclic) bond motifs is 1. The highest BCUT2D eigenvalue weighted by molar-refractivity contribution is 7.95. The largest absolute Gasteiger partial charge is 0.545 e. The quantitative estimate of drug-likeness (QED) is 0.0282. The fourth-order valence-corrected chi connectivity index (χ4v) is 12.3. The van der Waals surface area contributed by atoms with Crippen LogP contribution in [0.1, 0.15) is 99.8 Å². The van der Waals surface area contributed by atoms with Crippen molar-refractivity contribution in [2.45, 2.75) is 110 Å². The van der Waals surface area contributed by atoms with Gasteiger partial charge >= 0.3 is 0 Å². The maximum atomic E-state index is 10.8. The molecule has 6 heteroatoms. The molecule has 1 heterocycles. The molecular weight excluding hydrogens is 663 g/mol. The minimum absolute atomic E-state index is 0.137. The van der Waals surface area contributed by atoms with E-state index in [0.29, 0.717) is 0 Å². The standard InChI is InChI=1S/C46H59O5P/c1-36-37(2)45-43(38(3)44(36)48-33-34-49-51-39(4)47)30-32-46(5,50-45)31-22-11-9-7-6-8-10-12-23-35-52(40-24-16-13-17-25-40,41-26-18-14-19-27-41)42-28-20-15-21-29-42/h13-21,24-29H,4,6-12,22-23,30-35H2,1-3,5H3. The Labute approximate surface area is 313 Å². The van der Waals surface area contributed by atoms with E-state index in [1.54, 1.807) is 0 Å². The summed E-state index contributed by atoms with van der Waals surface area (Å²) in [6, 6.07) is 33.8. The minimum atomic E-state index is -1.72. The zero-order valence-corrected chi connectivity index (χ0v) is 32.9. The van der Waals surface area contributed by atoms with Crippen molar-refractivity contribution in [1.29, 1.82) is 0 Å². The molecule has 0 aromatic heterocycles. The summed E-state index contributed by atoms with van der Waals surface area (Å²) in [5.41, 5.74) is 4.45. The third-order valence-electron chi connectivity index (χ3n) is 10.9. The lowest BCUT2D eigenvalue weighted by atomic mass is 9.84. The van der Waals surface area contributed by atoms with Crippen LogP contribution in [0.25, 0.3) is 0 Å². The third-order valence-corrected chi connectivity index (χ3v) is 15.4.